The number of hydrogen-bond acceptors (Lipinski definition) is 15. The van der Waals surface area contributed by atoms with Crippen molar-refractivity contribution in [1.29, 1.82) is 0 Å². The van der Waals surface area contributed by atoms with Crippen LogP contribution in [-0.2, 0) is 116 Å². The number of hydrogen-bond donors (Lipinski definition) is 9. The summed E-state index contributed by atoms with van der Waals surface area (Å²) >= 11 is 0. The number of methoxy groups -OCH3 is 1. The van der Waals surface area contributed by atoms with Crippen LogP contribution in [-0.4, -0.2) is 127 Å². The Kier molecular flexibility index (Phi) is 31.7. The number of nitrogens with zero attached hydrogens (tertiary/aromatic N) is 5. The molecule has 10 aromatic carbocycles. The lowest BCUT2D eigenvalue weighted by Gasteiger charge is -2.37. The summed E-state index contributed by atoms with van der Waals surface area (Å²) in [7, 11) is 1.40. The fraction of sp³-hybridized carbons (Fsp3) is 0.363. The van der Waals surface area contributed by atoms with Crippen molar-refractivity contribution in [2.75, 3.05) is 97.5 Å². The summed E-state index contributed by atoms with van der Waals surface area (Å²) in [6, 6.07) is 59.0. The van der Waals surface area contributed by atoms with Gasteiger partial charge in [0.2, 0.25) is 29.5 Å². The smallest absolute Gasteiger partial charge is 0.385 e. The minimum atomic E-state index is -5.92. The summed E-state index contributed by atoms with van der Waals surface area (Å²) < 4.78 is 200. The molecule has 1 unspecified atom stereocenters. The van der Waals surface area contributed by atoms with Crippen molar-refractivity contribution in [3.63, 3.8) is 0 Å². The second-order valence-electron chi connectivity index (χ2n) is 35.3. The van der Waals surface area contributed by atoms with Crippen LogP contribution in [0, 0.1) is 0 Å². The molecule has 5 aliphatic heterocycles. The van der Waals surface area contributed by atoms with Crippen molar-refractivity contribution in [2.24, 2.45) is 0 Å². The minimum absolute atomic E-state index is 0.0231. The lowest BCUT2D eigenvalue weighted by atomic mass is 9.75. The second kappa shape index (κ2) is 42.1. The molecule has 0 bridgehead atoms. The predicted molar refractivity (Wildman–Crippen MR) is 495 cm³/mol. The molecule has 35 heteroatoms. The van der Waals surface area contributed by atoms with Crippen LogP contribution in [0.5, 0.6) is 0 Å². The number of rotatable bonds is 22. The molecular formula is C102H107F15N10O10. The van der Waals surface area contributed by atoms with Crippen molar-refractivity contribution in [3.05, 3.63) is 296 Å². The second-order valence-corrected chi connectivity index (χ2v) is 35.3. The number of fused-ring (bicyclic) bond motifs is 5. The van der Waals surface area contributed by atoms with Gasteiger partial charge in [-0.25, -0.2) is 0 Å². The Labute approximate surface area is 782 Å². The van der Waals surface area contributed by atoms with Gasteiger partial charge in [-0.1, -0.05) is 135 Å². The number of amides is 5. The molecule has 0 aromatic heterocycles. The molecule has 0 radical (unpaired) electrons. The molecule has 6 aliphatic rings. The molecule has 1 fully saturated rings. The quantitative estimate of drug-likeness (QED) is 0.0286. The number of anilines is 10. The summed E-state index contributed by atoms with van der Waals surface area (Å²) in [5.41, 5.74) is 5.45. The Morgan fingerprint density at radius 1 is 0.350 bits per heavy atom. The van der Waals surface area contributed by atoms with Crippen LogP contribution in [0.15, 0.2) is 212 Å². The molecule has 5 amide bonds. The van der Waals surface area contributed by atoms with E-state index >= 15 is 0 Å². The van der Waals surface area contributed by atoms with Crippen LogP contribution in [0.1, 0.15) is 157 Å². The normalized spacial score (nSPS) is 15.2. The van der Waals surface area contributed by atoms with Gasteiger partial charge in [0.05, 0.1) is 5.60 Å². The lowest BCUT2D eigenvalue weighted by Crippen LogP contribution is -2.53. The number of benzene rings is 10. The maximum atomic E-state index is 13.0. The van der Waals surface area contributed by atoms with Gasteiger partial charge in [0.1, 0.15) is 6.61 Å². The number of halogens is 15. The molecule has 10 aromatic rings. The molecule has 1 aliphatic carbocycles. The molecule has 1 saturated carbocycles. The fourth-order valence-corrected chi connectivity index (χ4v) is 17.3. The molecule has 20 nitrogen and oxygen atoms in total. The molecule has 16 rings (SSSR count). The minimum Gasteiger partial charge on any atom is -0.385 e. The number of nitrogens with one attached hydrogen (secondary N) is 5. The highest BCUT2D eigenvalue weighted by atomic mass is 19.4. The lowest BCUT2D eigenvalue weighted by molar-refractivity contribution is -0.376. The van der Waals surface area contributed by atoms with Gasteiger partial charge in [0, 0.05) is 168 Å². The summed E-state index contributed by atoms with van der Waals surface area (Å²) in [5, 5.41) is 53.0. The average Bonchev–Trinajstić information content (AvgIpc) is 1.52. The molecule has 0 saturated heterocycles. The monoisotopic (exact) mass is 1920 g/mol. The van der Waals surface area contributed by atoms with Crippen LogP contribution in [0.25, 0.3) is 0 Å². The summed E-state index contributed by atoms with van der Waals surface area (Å²) in [6.45, 7) is 17.9. The van der Waals surface area contributed by atoms with E-state index in [1.165, 1.54) is 79.2 Å². The summed E-state index contributed by atoms with van der Waals surface area (Å²) in [6.07, 6.45) is -21.3. The van der Waals surface area contributed by atoms with Gasteiger partial charge in [-0.15, -0.1) is 0 Å². The highest BCUT2D eigenvalue weighted by Gasteiger charge is 2.72. The number of carbonyl (C=O) groups excluding carboxylic acids is 5. The van der Waals surface area contributed by atoms with E-state index in [1.807, 2.05) is 46.2 Å². The maximum absolute atomic E-state index is 13.0. The zero-order chi connectivity index (χ0) is 99.7. The van der Waals surface area contributed by atoms with E-state index in [0.29, 0.717) is 85.2 Å². The maximum Gasteiger partial charge on any atom is 0.430 e. The fourth-order valence-electron chi connectivity index (χ4n) is 17.3. The first-order valence-corrected chi connectivity index (χ1v) is 44.3. The number of alkyl halides is 15. The van der Waals surface area contributed by atoms with Gasteiger partial charge in [0.15, 0.2) is 5.60 Å². The highest BCUT2D eigenvalue weighted by molar-refractivity contribution is 5.93. The van der Waals surface area contributed by atoms with Crippen LogP contribution in [0.3, 0.4) is 0 Å². The molecule has 5 heterocycles. The number of carbonyl (C=O) groups is 5. The molecular weight excluding hydrogens is 1810 g/mol. The van der Waals surface area contributed by atoms with Crippen molar-refractivity contribution in [2.45, 2.75) is 192 Å². The highest BCUT2D eigenvalue weighted by Crippen LogP contribution is 2.53. The molecule has 9 N–H and O–H groups in total. The topological polar surface area (TPSA) is 252 Å². The summed E-state index contributed by atoms with van der Waals surface area (Å²) in [5.74, 6) is -0.126. The Balaban J connectivity index is 0.000000154. The zero-order valence-corrected chi connectivity index (χ0v) is 76.4. The average molecular weight is 1920 g/mol. The number of ether oxygens (including phenoxy) is 1. The molecule has 730 valence electrons. The van der Waals surface area contributed by atoms with Crippen molar-refractivity contribution in [3.8, 4) is 0 Å². The van der Waals surface area contributed by atoms with E-state index in [4.69, 9.17) is 4.74 Å². The van der Waals surface area contributed by atoms with Gasteiger partial charge in [-0.05, 0) is 228 Å². The SMILES string of the molecule is CC(=O)Nc1ccc2c(c1)CCN2Cc1ccc(C(C)(O)C(F)(F)F)cc1.CC(=O)Nc1ccc2c(c1)CCN2Cc1ccc(C(C)C)cc1.CC(=O)Nc1ccc2c(c1)CCN2Cc1ccc(C(O)(C(F)(F)F)C(F)(F)F)cc1.CC(=O)Nc1ccc2c(c1)CCN2Cc1ccc(C2(O)CCC2)cc1.COCC(=O)Nc1ccc2c(c1)CCN2Cc1ccc(C(O)(C(F)(F)F)C(F)(F)F)cc1. The zero-order valence-electron chi connectivity index (χ0n) is 76.4. The Morgan fingerprint density at radius 3 is 0.810 bits per heavy atom. The standard InChI is InChI=1S/C21H20F6N2O3.C21H24N2O2.C20H18F6N2O2.C20H21F3N2O2.C20H24N2O/c1-32-12-18(30)28-16-6-7-17-14(10-16)8-9-29(17)11-13-2-4-15(5-3-13)19(31,20(22,23)24)21(25,26)27;1-15(24)22-19-7-8-20-17(13-19)9-12-23(20)14-16-3-5-18(6-4-16)21(25)10-2-11-21;1-12(29)27-16-6-7-17-14(10-16)8-9-28(17)11-13-2-4-15(5-3-13)18(30,19(21,22)23)20(24,25)26;1-13(26)24-17-7-8-18-15(11-17)9-10-25(18)12-14-3-5-16(6-4-14)19(2,27)20(21,22)23;1-14(2)17-6-4-16(5-7-17)13-22-11-10-18-12-19(21-15(3)23)8-9-20(18)22/h2-7,10,31H,8-9,11-12H2,1H3,(H,28,30);3-8,13,25H,2,9-12,14H2,1H3,(H,22,24);2-7,10,30H,8-9,11H2,1H3,(H,27,29);3-8,11,27H,9-10,12H2,1-2H3,(H,24,26);4-9,12,14H,10-11,13H2,1-3H3,(H,21,23). The third-order valence-corrected chi connectivity index (χ3v) is 24.8. The Bertz CT molecular complexity index is 5900. The molecule has 1 atom stereocenters. The van der Waals surface area contributed by atoms with Gasteiger partial charge >= 0.3 is 30.9 Å². The number of aliphatic hydroxyl groups is 4. The van der Waals surface area contributed by atoms with Gasteiger partial charge in [-0.2, -0.15) is 65.9 Å². The summed E-state index contributed by atoms with van der Waals surface area (Å²) in [4.78, 5) is 67.1. The van der Waals surface area contributed by atoms with Crippen LogP contribution >= 0.6 is 0 Å². The Hall–Kier alpha value is -12.7. The van der Waals surface area contributed by atoms with Crippen LogP contribution in [0.4, 0.5) is 123 Å². The van der Waals surface area contributed by atoms with E-state index in [0.717, 1.165) is 164 Å². The van der Waals surface area contributed by atoms with E-state index in [1.54, 1.807) is 49.4 Å². The van der Waals surface area contributed by atoms with Gasteiger partial charge in [0.25, 0.3) is 11.2 Å². The van der Waals surface area contributed by atoms with E-state index in [9.17, 15) is 110 Å². The van der Waals surface area contributed by atoms with Crippen LogP contribution < -0.4 is 51.1 Å². The van der Waals surface area contributed by atoms with Gasteiger partial charge in [-0.3, -0.25) is 24.0 Å². The first kappa shape index (κ1) is 103. The predicted octanol–water partition coefficient (Wildman–Crippen LogP) is 20.6. The van der Waals surface area contributed by atoms with Crippen molar-refractivity contribution >= 4 is 86.4 Å². The van der Waals surface area contributed by atoms with E-state index < -0.39 is 64.4 Å². The Morgan fingerprint density at radius 2 is 0.591 bits per heavy atom. The largest absolute Gasteiger partial charge is 0.430 e. The third kappa shape index (κ3) is 24.6. The molecule has 0 spiro atoms. The first-order chi connectivity index (χ1) is 64.3. The van der Waals surface area contributed by atoms with Gasteiger partial charge < -0.3 is 76.2 Å². The van der Waals surface area contributed by atoms with Crippen LogP contribution in [0.2, 0.25) is 0 Å². The van der Waals surface area contributed by atoms with Crippen molar-refractivity contribution < 1.29 is 115 Å². The first-order valence-electron chi connectivity index (χ1n) is 44.3. The van der Waals surface area contributed by atoms with E-state index in [2.05, 4.69) is 128 Å². The van der Waals surface area contributed by atoms with Crippen molar-refractivity contribution in [1.82, 2.24) is 0 Å². The molecule has 137 heavy (non-hydrogen) atoms. The van der Waals surface area contributed by atoms with E-state index in [-0.39, 0.29) is 54.8 Å². The third-order valence-electron chi connectivity index (χ3n) is 24.8.